The van der Waals surface area contributed by atoms with Gasteiger partial charge < -0.3 is 10.2 Å². The second-order valence-corrected chi connectivity index (χ2v) is 6.74. The summed E-state index contributed by atoms with van der Waals surface area (Å²) in [5, 5.41) is 5.71. The second-order valence-electron chi connectivity index (χ2n) is 6.74. The predicted octanol–water partition coefficient (Wildman–Crippen LogP) is 3.71. The Bertz CT molecular complexity index is 681. The molecule has 0 heterocycles. The summed E-state index contributed by atoms with van der Waals surface area (Å²) < 4.78 is 0. The van der Waals surface area contributed by atoms with Crippen LogP contribution < -0.4 is 5.32 Å². The predicted molar refractivity (Wildman–Crippen MR) is 113 cm³/mol. The van der Waals surface area contributed by atoms with Crippen LogP contribution in [0.1, 0.15) is 31.9 Å². The van der Waals surface area contributed by atoms with E-state index < -0.39 is 0 Å². The highest BCUT2D eigenvalue weighted by Gasteiger charge is 2.18. The van der Waals surface area contributed by atoms with E-state index in [0.29, 0.717) is 6.54 Å². The minimum absolute atomic E-state index is 0. The van der Waals surface area contributed by atoms with E-state index in [1.165, 1.54) is 16.3 Å². The average molecular weight is 378 g/mol. The normalized spacial score (nSPS) is 12.2. The van der Waals surface area contributed by atoms with Crippen LogP contribution in [0.5, 0.6) is 0 Å². The number of amides is 1. The Morgan fingerprint density at radius 1 is 1.04 bits per heavy atom. The molecule has 0 saturated carbocycles. The quantitative estimate of drug-likeness (QED) is 0.723. The molecule has 0 radical (unpaired) electrons. The first-order valence-electron chi connectivity index (χ1n) is 9.19. The van der Waals surface area contributed by atoms with Crippen molar-refractivity contribution in [3.05, 3.63) is 48.0 Å². The summed E-state index contributed by atoms with van der Waals surface area (Å²) in [6.45, 7) is 7.34. The van der Waals surface area contributed by atoms with Crippen molar-refractivity contribution in [1.29, 1.82) is 0 Å². The highest BCUT2D eigenvalue weighted by molar-refractivity contribution is 5.87. The molecule has 5 heteroatoms. The first-order chi connectivity index (χ1) is 12.0. The minimum atomic E-state index is 0. The highest BCUT2D eigenvalue weighted by Crippen LogP contribution is 2.26. The Labute approximate surface area is 164 Å². The summed E-state index contributed by atoms with van der Waals surface area (Å²) in [6, 6.07) is 14.8. The summed E-state index contributed by atoms with van der Waals surface area (Å²) >= 11 is 0. The van der Waals surface area contributed by atoms with Gasteiger partial charge in [-0.1, -0.05) is 56.3 Å². The molecule has 1 amide bonds. The Morgan fingerprint density at radius 2 is 1.69 bits per heavy atom. The van der Waals surface area contributed by atoms with Crippen LogP contribution in [0, 0.1) is 0 Å². The van der Waals surface area contributed by atoms with E-state index in [4.69, 9.17) is 0 Å². The number of halogens is 1. The maximum atomic E-state index is 12.6. The van der Waals surface area contributed by atoms with Gasteiger partial charge in [0.1, 0.15) is 0 Å². The summed E-state index contributed by atoms with van der Waals surface area (Å²) in [4.78, 5) is 16.9. The fourth-order valence-electron chi connectivity index (χ4n) is 3.14. The number of hydrogen-bond acceptors (Lipinski definition) is 3. The van der Waals surface area contributed by atoms with Crippen LogP contribution in [0.2, 0.25) is 0 Å². The van der Waals surface area contributed by atoms with Crippen LogP contribution in [-0.4, -0.2) is 56.0 Å². The van der Waals surface area contributed by atoms with Gasteiger partial charge in [-0.05, 0) is 56.5 Å². The van der Waals surface area contributed by atoms with Crippen molar-refractivity contribution in [3.63, 3.8) is 0 Å². The lowest BCUT2D eigenvalue weighted by Crippen LogP contribution is -2.39. The molecular weight excluding hydrogens is 346 g/mol. The van der Waals surface area contributed by atoms with Crippen molar-refractivity contribution in [2.45, 2.75) is 26.3 Å². The molecule has 4 nitrogen and oxygen atoms in total. The van der Waals surface area contributed by atoms with E-state index >= 15 is 0 Å². The first kappa shape index (κ1) is 22.4. The molecule has 1 N–H and O–H groups in total. The van der Waals surface area contributed by atoms with Gasteiger partial charge in [-0.15, -0.1) is 12.4 Å². The third-order valence-corrected chi connectivity index (χ3v) is 4.66. The molecule has 0 spiro atoms. The van der Waals surface area contributed by atoms with Crippen molar-refractivity contribution >= 4 is 29.1 Å². The third-order valence-electron chi connectivity index (χ3n) is 4.66. The van der Waals surface area contributed by atoms with E-state index in [9.17, 15) is 4.79 Å². The number of nitrogens with zero attached hydrogens (tertiary/aromatic N) is 2. The Hall–Kier alpha value is -1.62. The Morgan fingerprint density at radius 3 is 2.35 bits per heavy atom. The smallest absolute Gasteiger partial charge is 0.234 e. The molecule has 1 unspecified atom stereocenters. The first-order valence-corrected chi connectivity index (χ1v) is 9.19. The highest BCUT2D eigenvalue weighted by atomic mass is 35.5. The average Bonchev–Trinajstić information content (AvgIpc) is 2.62. The molecule has 1 atom stereocenters. The van der Waals surface area contributed by atoms with E-state index in [0.717, 1.165) is 26.1 Å². The maximum Gasteiger partial charge on any atom is 0.234 e. The summed E-state index contributed by atoms with van der Waals surface area (Å²) in [5.74, 6) is 0.0976. The molecule has 0 aliphatic heterocycles. The van der Waals surface area contributed by atoms with Gasteiger partial charge in [-0.3, -0.25) is 9.69 Å². The lowest BCUT2D eigenvalue weighted by atomic mass is 9.96. The van der Waals surface area contributed by atoms with Crippen molar-refractivity contribution in [1.82, 2.24) is 15.1 Å². The number of carbonyl (C=O) groups is 1. The Kier molecular flexibility index (Phi) is 9.63. The molecule has 144 valence electrons. The van der Waals surface area contributed by atoms with E-state index in [2.05, 4.69) is 85.5 Å². The summed E-state index contributed by atoms with van der Waals surface area (Å²) in [5.41, 5.74) is 1.20. The molecule has 2 aromatic carbocycles. The molecule has 0 aliphatic carbocycles. The molecule has 0 aliphatic rings. The largest absolute Gasteiger partial charge is 0.348 e. The topological polar surface area (TPSA) is 35.6 Å². The Balaban J connectivity index is 0.00000338. The second kappa shape index (κ2) is 11.2. The molecule has 0 saturated heterocycles. The van der Waals surface area contributed by atoms with Gasteiger partial charge in [0.25, 0.3) is 0 Å². The van der Waals surface area contributed by atoms with Crippen molar-refractivity contribution < 1.29 is 4.79 Å². The zero-order valence-electron chi connectivity index (χ0n) is 16.4. The van der Waals surface area contributed by atoms with E-state index in [1.54, 1.807) is 0 Å². The van der Waals surface area contributed by atoms with Gasteiger partial charge in [0, 0.05) is 0 Å². The minimum Gasteiger partial charge on any atom is -0.348 e. The van der Waals surface area contributed by atoms with Gasteiger partial charge in [0.15, 0.2) is 0 Å². The van der Waals surface area contributed by atoms with Crippen LogP contribution in [0.15, 0.2) is 42.5 Å². The van der Waals surface area contributed by atoms with Crippen LogP contribution in [0.25, 0.3) is 10.8 Å². The van der Waals surface area contributed by atoms with Gasteiger partial charge in [-0.25, -0.2) is 0 Å². The zero-order chi connectivity index (χ0) is 18.2. The molecule has 26 heavy (non-hydrogen) atoms. The van der Waals surface area contributed by atoms with Crippen LogP contribution in [0.4, 0.5) is 0 Å². The van der Waals surface area contributed by atoms with Crippen LogP contribution in [0.3, 0.4) is 0 Å². The van der Waals surface area contributed by atoms with Crippen molar-refractivity contribution in [2.75, 3.05) is 40.3 Å². The number of nitrogens with one attached hydrogen (secondary N) is 1. The van der Waals surface area contributed by atoms with Crippen molar-refractivity contribution in [2.24, 2.45) is 0 Å². The number of fused-ring (bicyclic) bond motifs is 1. The number of likely N-dealkylation sites (N-methyl/N-ethyl adjacent to an activating group) is 1. The molecule has 0 aromatic heterocycles. The van der Waals surface area contributed by atoms with Gasteiger partial charge in [-0.2, -0.15) is 0 Å². The molecule has 2 aromatic rings. The fraction of sp³-hybridized carbons (Fsp3) is 0.476. The summed E-state index contributed by atoms with van der Waals surface area (Å²) in [7, 11) is 4.13. The van der Waals surface area contributed by atoms with Crippen LogP contribution >= 0.6 is 12.4 Å². The zero-order valence-corrected chi connectivity index (χ0v) is 17.2. The summed E-state index contributed by atoms with van der Waals surface area (Å²) in [6.07, 6.45) is 0.894. The van der Waals surface area contributed by atoms with Gasteiger partial charge in [0.05, 0.1) is 12.6 Å². The third kappa shape index (κ3) is 6.27. The van der Waals surface area contributed by atoms with Gasteiger partial charge in [0.2, 0.25) is 5.91 Å². The molecule has 2 rings (SSSR count). The monoisotopic (exact) mass is 377 g/mol. The lowest BCUT2D eigenvalue weighted by Gasteiger charge is -2.24. The number of carbonyl (C=O) groups excluding carboxylic acids is 1. The molecule has 0 fully saturated rings. The number of rotatable bonds is 9. The SMILES string of the molecule is CCN(CC)CC(=O)NC(CCN(C)C)c1cccc2ccccc12.Cl. The fourth-order valence-corrected chi connectivity index (χ4v) is 3.14. The van der Waals surface area contributed by atoms with Crippen molar-refractivity contribution in [3.8, 4) is 0 Å². The standard InChI is InChI=1S/C21H31N3O.ClH/c1-5-24(6-2)16-21(25)22-20(14-15-23(3)4)19-13-9-11-17-10-7-8-12-18(17)19;/h7-13,20H,5-6,14-16H2,1-4H3,(H,22,25);1H. The van der Waals surface area contributed by atoms with E-state index in [1.807, 2.05) is 0 Å². The molecular formula is C21H32ClN3O. The maximum absolute atomic E-state index is 12.6. The molecule has 0 bridgehead atoms. The van der Waals surface area contributed by atoms with Crippen LogP contribution in [-0.2, 0) is 4.79 Å². The lowest BCUT2D eigenvalue weighted by molar-refractivity contribution is -0.123. The van der Waals surface area contributed by atoms with E-state index in [-0.39, 0.29) is 24.4 Å². The number of benzene rings is 2. The van der Waals surface area contributed by atoms with Gasteiger partial charge >= 0.3 is 0 Å². The number of hydrogen-bond donors (Lipinski definition) is 1.